The second-order valence-corrected chi connectivity index (χ2v) is 6.48. The highest BCUT2D eigenvalue weighted by Gasteiger charge is 2.22. The fraction of sp³-hybridized carbons (Fsp3) is 0.286. The molecule has 0 radical (unpaired) electrons. The van der Waals surface area contributed by atoms with E-state index in [9.17, 15) is 9.59 Å². The Morgan fingerprint density at radius 2 is 1.82 bits per heavy atom. The maximum absolute atomic E-state index is 12.6. The molecule has 0 amide bonds. The van der Waals surface area contributed by atoms with Crippen LogP contribution >= 0.6 is 0 Å². The van der Waals surface area contributed by atoms with Crippen molar-refractivity contribution in [3.8, 4) is 0 Å². The van der Waals surface area contributed by atoms with Crippen LogP contribution in [-0.4, -0.2) is 28.8 Å². The third kappa shape index (κ3) is 3.98. The second kappa shape index (κ2) is 8.12. The molecule has 0 bridgehead atoms. The number of carbonyl (C=O) groups is 2. The quantitative estimate of drug-likeness (QED) is 0.606. The second-order valence-electron chi connectivity index (χ2n) is 6.48. The number of methoxy groups -OCH3 is 1. The Balaban J connectivity index is 1.72. The lowest BCUT2D eigenvalue weighted by Gasteiger charge is -2.06. The molecule has 146 valence electrons. The first-order chi connectivity index (χ1) is 13.4. The van der Waals surface area contributed by atoms with E-state index in [4.69, 9.17) is 9.15 Å². The highest BCUT2D eigenvalue weighted by molar-refractivity contribution is 5.92. The van der Waals surface area contributed by atoms with Crippen LogP contribution in [0.1, 0.15) is 49.2 Å². The van der Waals surface area contributed by atoms with Crippen molar-refractivity contribution >= 4 is 11.9 Å². The summed E-state index contributed by atoms with van der Waals surface area (Å²) in [7, 11) is 1.28. The number of furan rings is 1. The van der Waals surface area contributed by atoms with Crippen LogP contribution in [0.2, 0.25) is 0 Å². The van der Waals surface area contributed by atoms with Gasteiger partial charge in [0.15, 0.2) is 0 Å². The van der Waals surface area contributed by atoms with Gasteiger partial charge < -0.3 is 13.9 Å². The summed E-state index contributed by atoms with van der Waals surface area (Å²) in [5, 5.41) is 4.47. The Hall–Kier alpha value is -3.35. The van der Waals surface area contributed by atoms with Gasteiger partial charge >= 0.3 is 11.9 Å². The average Bonchev–Trinajstić information content (AvgIpc) is 3.19. The van der Waals surface area contributed by atoms with Crippen molar-refractivity contribution in [2.75, 3.05) is 7.11 Å². The molecule has 0 unspecified atom stereocenters. The van der Waals surface area contributed by atoms with Crippen LogP contribution in [0.3, 0.4) is 0 Å². The van der Waals surface area contributed by atoms with Gasteiger partial charge in [0.05, 0.1) is 25.0 Å². The van der Waals surface area contributed by atoms with Gasteiger partial charge in [-0.1, -0.05) is 30.3 Å². The number of aromatic nitrogens is 2. The summed E-state index contributed by atoms with van der Waals surface area (Å²) in [4.78, 5) is 24.2. The van der Waals surface area contributed by atoms with Crippen LogP contribution in [0.25, 0.3) is 0 Å². The molecule has 2 heterocycles. The molecule has 0 saturated heterocycles. The van der Waals surface area contributed by atoms with Crippen molar-refractivity contribution < 1.29 is 23.5 Å². The topological polar surface area (TPSA) is 83.6 Å². The molecule has 2 aromatic heterocycles. The Kier molecular flexibility index (Phi) is 5.63. The molecule has 0 saturated carbocycles. The van der Waals surface area contributed by atoms with Crippen molar-refractivity contribution in [1.29, 1.82) is 0 Å². The summed E-state index contributed by atoms with van der Waals surface area (Å²) in [5.74, 6) is -0.568. The highest BCUT2D eigenvalue weighted by atomic mass is 16.6. The first-order valence-electron chi connectivity index (χ1n) is 8.83. The Morgan fingerprint density at radius 1 is 1.11 bits per heavy atom. The molecule has 7 heteroatoms. The minimum Gasteiger partial charge on any atom is -0.463 e. The number of hydrogen-bond acceptors (Lipinski definition) is 6. The molecule has 3 rings (SSSR count). The summed E-state index contributed by atoms with van der Waals surface area (Å²) < 4.78 is 17.3. The number of hydrogen-bond donors (Lipinski definition) is 0. The zero-order valence-corrected chi connectivity index (χ0v) is 16.3. The molecule has 0 spiro atoms. The van der Waals surface area contributed by atoms with Crippen LogP contribution in [0, 0.1) is 20.8 Å². The number of ether oxygens (including phenoxy) is 2. The van der Waals surface area contributed by atoms with Crippen LogP contribution in [0.5, 0.6) is 0 Å². The fourth-order valence-electron chi connectivity index (χ4n) is 3.03. The van der Waals surface area contributed by atoms with Crippen LogP contribution < -0.4 is 0 Å². The van der Waals surface area contributed by atoms with Gasteiger partial charge in [0.1, 0.15) is 17.9 Å². The van der Waals surface area contributed by atoms with Crippen molar-refractivity contribution in [2.45, 2.75) is 33.9 Å². The van der Waals surface area contributed by atoms with Gasteiger partial charge in [-0.3, -0.25) is 4.68 Å². The van der Waals surface area contributed by atoms with E-state index in [1.807, 2.05) is 37.3 Å². The first-order valence-corrected chi connectivity index (χ1v) is 8.83. The maximum Gasteiger partial charge on any atom is 0.374 e. The van der Waals surface area contributed by atoms with E-state index in [0.717, 1.165) is 11.3 Å². The minimum absolute atomic E-state index is 0.0839. The van der Waals surface area contributed by atoms with E-state index in [0.29, 0.717) is 29.1 Å². The van der Waals surface area contributed by atoms with E-state index < -0.39 is 11.9 Å². The maximum atomic E-state index is 12.6. The zero-order valence-electron chi connectivity index (χ0n) is 16.3. The number of esters is 2. The van der Waals surface area contributed by atoms with Gasteiger partial charge in [-0.2, -0.15) is 5.10 Å². The third-order valence-corrected chi connectivity index (χ3v) is 4.45. The van der Waals surface area contributed by atoms with E-state index >= 15 is 0 Å². The van der Waals surface area contributed by atoms with Gasteiger partial charge in [0, 0.05) is 5.56 Å². The molecular weight excluding hydrogens is 360 g/mol. The molecule has 0 atom stereocenters. The SMILES string of the molecule is COC(=O)c1oc(COC(=O)c2c(C)nn(Cc3ccccc3)c2C)cc1C. The number of aryl methyl sites for hydroxylation is 2. The number of nitrogens with zero attached hydrogens (tertiary/aromatic N) is 2. The van der Waals surface area contributed by atoms with E-state index in [1.54, 1.807) is 24.6 Å². The van der Waals surface area contributed by atoms with E-state index in [2.05, 4.69) is 9.84 Å². The molecule has 3 aromatic rings. The average molecular weight is 382 g/mol. The molecule has 7 nitrogen and oxygen atoms in total. The van der Waals surface area contributed by atoms with Crippen LogP contribution in [0.4, 0.5) is 0 Å². The number of carbonyl (C=O) groups excluding carboxylic acids is 2. The molecule has 0 aliphatic heterocycles. The Morgan fingerprint density at radius 3 is 2.50 bits per heavy atom. The number of rotatable bonds is 6. The molecular formula is C21H22N2O5. The normalized spacial score (nSPS) is 10.7. The first kappa shape index (κ1) is 19.4. The zero-order chi connectivity index (χ0) is 20.3. The Labute approximate surface area is 162 Å². The van der Waals surface area contributed by atoms with E-state index in [-0.39, 0.29) is 12.4 Å². The smallest absolute Gasteiger partial charge is 0.374 e. The van der Waals surface area contributed by atoms with Gasteiger partial charge in [0.2, 0.25) is 5.76 Å². The van der Waals surface area contributed by atoms with Crippen molar-refractivity contribution in [3.63, 3.8) is 0 Å². The standard InChI is InChI=1S/C21H22N2O5/c1-13-10-17(28-19(13)21(25)26-4)12-27-20(24)18-14(2)22-23(15(18)3)11-16-8-6-5-7-9-16/h5-10H,11-12H2,1-4H3. The molecule has 1 aromatic carbocycles. The molecule has 28 heavy (non-hydrogen) atoms. The van der Waals surface area contributed by atoms with E-state index in [1.165, 1.54) is 7.11 Å². The molecule has 0 aliphatic rings. The molecule has 0 N–H and O–H groups in total. The summed E-state index contributed by atoms with van der Waals surface area (Å²) in [5.41, 5.74) is 3.49. The van der Waals surface area contributed by atoms with Crippen molar-refractivity contribution in [3.05, 3.63) is 76.0 Å². The predicted octanol–water partition coefficient (Wildman–Crippen LogP) is 3.59. The minimum atomic E-state index is -0.566. The lowest BCUT2D eigenvalue weighted by Crippen LogP contribution is -2.09. The van der Waals surface area contributed by atoms with Gasteiger partial charge in [-0.25, -0.2) is 9.59 Å². The lowest BCUT2D eigenvalue weighted by molar-refractivity contribution is 0.0436. The highest BCUT2D eigenvalue weighted by Crippen LogP contribution is 2.19. The summed E-state index contributed by atoms with van der Waals surface area (Å²) in [6, 6.07) is 11.5. The largest absolute Gasteiger partial charge is 0.463 e. The third-order valence-electron chi connectivity index (χ3n) is 4.45. The van der Waals surface area contributed by atoms with Gasteiger partial charge in [-0.05, 0) is 32.4 Å². The summed E-state index contributed by atoms with van der Waals surface area (Å²) in [6.07, 6.45) is 0. The summed E-state index contributed by atoms with van der Waals surface area (Å²) >= 11 is 0. The summed E-state index contributed by atoms with van der Waals surface area (Å²) in [6.45, 7) is 5.83. The van der Waals surface area contributed by atoms with Gasteiger partial charge in [0.25, 0.3) is 0 Å². The predicted molar refractivity (Wildman–Crippen MR) is 101 cm³/mol. The Bertz CT molecular complexity index is 1000. The molecule has 0 aliphatic carbocycles. The molecule has 0 fully saturated rings. The van der Waals surface area contributed by atoms with Crippen LogP contribution in [-0.2, 0) is 22.6 Å². The van der Waals surface area contributed by atoms with Gasteiger partial charge in [-0.15, -0.1) is 0 Å². The lowest BCUT2D eigenvalue weighted by atomic mass is 10.2. The van der Waals surface area contributed by atoms with Crippen molar-refractivity contribution in [1.82, 2.24) is 9.78 Å². The van der Waals surface area contributed by atoms with Crippen molar-refractivity contribution in [2.24, 2.45) is 0 Å². The van der Waals surface area contributed by atoms with Crippen LogP contribution in [0.15, 0.2) is 40.8 Å². The fourth-order valence-corrected chi connectivity index (χ4v) is 3.03. The monoisotopic (exact) mass is 382 g/mol. The number of benzene rings is 1.